The van der Waals surface area contributed by atoms with Crippen molar-refractivity contribution in [1.82, 2.24) is 15.3 Å². The van der Waals surface area contributed by atoms with Crippen molar-refractivity contribution in [2.24, 2.45) is 5.92 Å². The van der Waals surface area contributed by atoms with Gasteiger partial charge in [-0.2, -0.15) is 4.98 Å². The fourth-order valence-corrected chi connectivity index (χ4v) is 6.29. The highest BCUT2D eigenvalue weighted by atomic mass is 19.3. The zero-order chi connectivity index (χ0) is 28.6. The minimum absolute atomic E-state index is 0.0726. The average molecular weight is 563 g/mol. The summed E-state index contributed by atoms with van der Waals surface area (Å²) in [5.74, 6) is -2.35. The average Bonchev–Trinajstić information content (AvgIpc) is 3.42. The van der Waals surface area contributed by atoms with Gasteiger partial charge in [-0.05, 0) is 43.4 Å². The van der Waals surface area contributed by atoms with E-state index in [0.717, 1.165) is 12.8 Å². The van der Waals surface area contributed by atoms with E-state index in [0.29, 0.717) is 35.2 Å². The molecule has 0 amide bonds. The van der Waals surface area contributed by atoms with Gasteiger partial charge in [-0.3, -0.25) is 4.98 Å². The summed E-state index contributed by atoms with van der Waals surface area (Å²) in [6.07, 6.45) is 8.91. The summed E-state index contributed by atoms with van der Waals surface area (Å²) in [6.45, 7) is 2.68. The number of rotatable bonds is 5. The molecule has 6 nitrogen and oxygen atoms in total. The molecule has 3 atom stereocenters. The first-order valence-electron chi connectivity index (χ1n) is 13.6. The van der Waals surface area contributed by atoms with Crippen molar-refractivity contribution in [1.29, 1.82) is 0 Å². The van der Waals surface area contributed by atoms with Crippen LogP contribution < -0.4 is 15.0 Å². The zero-order valence-electron chi connectivity index (χ0n) is 22.1. The number of alkyl halides is 2. The van der Waals surface area contributed by atoms with Gasteiger partial charge in [0.05, 0.1) is 18.1 Å². The van der Waals surface area contributed by atoms with Gasteiger partial charge >= 0.3 is 0 Å². The smallest absolute Gasteiger partial charge is 0.255 e. The van der Waals surface area contributed by atoms with E-state index in [9.17, 15) is 18.3 Å². The number of phenols is 1. The molecule has 2 aromatic carbocycles. The van der Waals surface area contributed by atoms with Gasteiger partial charge in [0.25, 0.3) is 5.92 Å². The van der Waals surface area contributed by atoms with Crippen LogP contribution in [0.4, 0.5) is 23.4 Å². The van der Waals surface area contributed by atoms with E-state index >= 15 is 4.39 Å². The molecule has 0 radical (unpaired) electrons. The lowest BCUT2D eigenvalue weighted by Crippen LogP contribution is -2.51. The molecule has 10 heteroatoms. The Morgan fingerprint density at radius 2 is 1.90 bits per heavy atom. The number of pyridine rings is 2. The van der Waals surface area contributed by atoms with E-state index in [1.165, 1.54) is 30.5 Å². The first kappa shape index (κ1) is 25.8. The maximum atomic E-state index is 16.7. The second-order valence-corrected chi connectivity index (χ2v) is 11.2. The normalized spacial score (nSPS) is 22.7. The summed E-state index contributed by atoms with van der Waals surface area (Å²) in [4.78, 5) is 11.2. The summed E-state index contributed by atoms with van der Waals surface area (Å²) in [5.41, 5.74) is 0.252. The lowest BCUT2D eigenvalue weighted by atomic mass is 9.95. The van der Waals surface area contributed by atoms with Crippen LogP contribution in [0.2, 0.25) is 0 Å². The number of nitrogens with zero attached hydrogens (tertiary/aromatic N) is 3. The molecule has 2 bridgehead atoms. The van der Waals surface area contributed by atoms with Crippen molar-refractivity contribution in [3.63, 3.8) is 0 Å². The fourth-order valence-electron chi connectivity index (χ4n) is 6.29. The molecule has 4 aromatic rings. The van der Waals surface area contributed by atoms with Crippen LogP contribution in [0.5, 0.6) is 11.6 Å². The summed E-state index contributed by atoms with van der Waals surface area (Å²) >= 11 is 0. The minimum atomic E-state index is -2.77. The van der Waals surface area contributed by atoms with Gasteiger partial charge in [-0.15, -0.1) is 6.42 Å². The third-order valence-electron chi connectivity index (χ3n) is 8.51. The molecule has 7 rings (SSSR count). The molecule has 2 aromatic heterocycles. The quantitative estimate of drug-likeness (QED) is 0.240. The number of benzene rings is 2. The molecule has 210 valence electrons. The summed E-state index contributed by atoms with van der Waals surface area (Å²) in [6, 6.07) is 5.89. The Balaban J connectivity index is 1.44. The van der Waals surface area contributed by atoms with Crippen LogP contribution in [0.25, 0.3) is 32.8 Å². The van der Waals surface area contributed by atoms with E-state index in [-0.39, 0.29) is 64.3 Å². The maximum absolute atomic E-state index is 16.7. The number of ether oxygens (including phenoxy) is 1. The van der Waals surface area contributed by atoms with Crippen molar-refractivity contribution in [3.05, 3.63) is 53.2 Å². The van der Waals surface area contributed by atoms with Gasteiger partial charge in [0.15, 0.2) is 5.82 Å². The molecule has 3 unspecified atom stereocenters. The lowest BCUT2D eigenvalue weighted by molar-refractivity contribution is 0.0849. The van der Waals surface area contributed by atoms with E-state index in [1.807, 2.05) is 0 Å². The van der Waals surface area contributed by atoms with Crippen molar-refractivity contribution in [3.8, 4) is 35.2 Å². The number of aromatic nitrogens is 2. The largest absolute Gasteiger partial charge is 0.508 e. The number of fused-ring (bicyclic) bond motifs is 4. The molecule has 41 heavy (non-hydrogen) atoms. The predicted molar refractivity (Wildman–Crippen MR) is 147 cm³/mol. The van der Waals surface area contributed by atoms with E-state index in [1.54, 1.807) is 6.92 Å². The summed E-state index contributed by atoms with van der Waals surface area (Å²) < 4.78 is 64.5. The molecular weight excluding hydrogens is 536 g/mol. The molecule has 4 heterocycles. The minimum Gasteiger partial charge on any atom is -0.508 e. The SMILES string of the molecule is C#Cc1c(F)ccc2cc(O)cc(-c3ncc4c(N5CC6CCC(C5)N6)nc(OCC5CC5(F)F)c(C)c4c3F)c12. The highest BCUT2D eigenvalue weighted by Gasteiger charge is 2.57. The number of phenolic OH excluding ortho intramolecular Hbond substituents is 1. The second-order valence-electron chi connectivity index (χ2n) is 11.2. The third kappa shape index (κ3) is 4.22. The van der Waals surface area contributed by atoms with Crippen molar-refractivity contribution < 1.29 is 27.4 Å². The number of nitrogens with one attached hydrogen (secondary N) is 1. The predicted octanol–water partition coefficient (Wildman–Crippen LogP) is 5.70. The number of hydrogen-bond acceptors (Lipinski definition) is 6. The Bertz CT molecular complexity index is 1770. The first-order valence-corrected chi connectivity index (χ1v) is 13.6. The summed E-state index contributed by atoms with van der Waals surface area (Å²) in [7, 11) is 0. The Morgan fingerprint density at radius 1 is 1.17 bits per heavy atom. The van der Waals surface area contributed by atoms with Crippen LogP contribution in [-0.4, -0.2) is 52.8 Å². The number of aromatic hydroxyl groups is 1. The van der Waals surface area contributed by atoms with E-state index in [4.69, 9.17) is 16.1 Å². The monoisotopic (exact) mass is 562 g/mol. The van der Waals surface area contributed by atoms with Crippen molar-refractivity contribution >= 4 is 27.4 Å². The second kappa shape index (κ2) is 9.21. The number of terminal acetylenes is 1. The topological polar surface area (TPSA) is 70.5 Å². The molecule has 1 saturated carbocycles. The Morgan fingerprint density at radius 3 is 2.59 bits per heavy atom. The van der Waals surface area contributed by atoms with Gasteiger partial charge < -0.3 is 20.1 Å². The van der Waals surface area contributed by atoms with Gasteiger partial charge in [0, 0.05) is 65.1 Å². The van der Waals surface area contributed by atoms with Gasteiger partial charge in [-0.1, -0.05) is 12.0 Å². The standard InChI is InChI=1S/C31H26F4N4O2/c1-3-21-24(32)7-4-16-8-20(40)9-22(26(16)21)28-27(33)25-15(2)30(41-14-17-10-31(17,34)35)38-29(23(25)11-36-28)39-12-18-5-6-19(13-39)37-18/h1,4,7-9,11,17-19,37,40H,5-6,10,12-14H2,2H3. The van der Waals surface area contributed by atoms with Gasteiger partial charge in [0.1, 0.15) is 23.1 Å². The summed E-state index contributed by atoms with van der Waals surface area (Å²) in [5, 5.41) is 15.3. The molecule has 0 spiro atoms. The van der Waals surface area contributed by atoms with Crippen molar-refractivity contribution in [2.45, 2.75) is 44.2 Å². The molecule has 3 fully saturated rings. The van der Waals surface area contributed by atoms with Crippen LogP contribution in [0, 0.1) is 36.8 Å². The Labute approximate surface area is 233 Å². The Kier molecular flexibility index (Phi) is 5.81. The molecular formula is C31H26F4N4O2. The van der Waals surface area contributed by atoms with Crippen LogP contribution >= 0.6 is 0 Å². The zero-order valence-corrected chi connectivity index (χ0v) is 22.1. The van der Waals surface area contributed by atoms with Crippen LogP contribution in [-0.2, 0) is 0 Å². The van der Waals surface area contributed by atoms with Gasteiger partial charge in [-0.25, -0.2) is 17.6 Å². The first-order chi connectivity index (χ1) is 19.6. The van der Waals surface area contributed by atoms with Crippen molar-refractivity contribution in [2.75, 3.05) is 24.6 Å². The Hall–Kier alpha value is -4.10. The van der Waals surface area contributed by atoms with E-state index in [2.05, 4.69) is 21.1 Å². The fraction of sp³-hybridized carbons (Fsp3) is 0.355. The third-order valence-corrected chi connectivity index (χ3v) is 8.51. The lowest BCUT2D eigenvalue weighted by Gasteiger charge is -2.34. The number of piperazine rings is 1. The number of aryl methyl sites for hydroxylation is 1. The highest BCUT2D eigenvalue weighted by molar-refractivity contribution is 6.04. The maximum Gasteiger partial charge on any atom is 0.255 e. The van der Waals surface area contributed by atoms with Gasteiger partial charge in [0.2, 0.25) is 5.88 Å². The van der Waals surface area contributed by atoms with Crippen LogP contribution in [0.3, 0.4) is 0 Å². The van der Waals surface area contributed by atoms with Crippen LogP contribution in [0.15, 0.2) is 30.5 Å². The number of hydrogen-bond donors (Lipinski definition) is 2. The van der Waals surface area contributed by atoms with Crippen LogP contribution in [0.1, 0.15) is 30.4 Å². The molecule has 2 saturated heterocycles. The van der Waals surface area contributed by atoms with E-state index < -0.39 is 23.5 Å². The highest BCUT2D eigenvalue weighted by Crippen LogP contribution is 2.49. The molecule has 2 aliphatic heterocycles. The molecule has 1 aliphatic carbocycles. The molecule has 3 aliphatic rings. The molecule has 2 N–H and O–H groups in total. The number of halogens is 4. The number of anilines is 1.